The number of carboxylic acids is 2. The Kier molecular flexibility index (Phi) is 6.06. The highest BCUT2D eigenvalue weighted by molar-refractivity contribution is 6.16. The van der Waals surface area contributed by atoms with Crippen LogP contribution < -0.4 is 10.6 Å². The molecule has 3 rings (SSSR count). The number of amides is 2. The minimum absolute atomic E-state index is 0.0514. The normalized spacial score (nSPS) is 10.2. The van der Waals surface area contributed by atoms with Crippen LogP contribution in [0.25, 0.3) is 0 Å². The first-order chi connectivity index (χ1) is 15.2. The van der Waals surface area contributed by atoms with Crippen LogP contribution in [0.4, 0.5) is 11.4 Å². The molecule has 0 saturated carbocycles. The molecule has 0 unspecified atom stereocenters. The second kappa shape index (κ2) is 8.88. The predicted molar refractivity (Wildman–Crippen MR) is 112 cm³/mol. The van der Waals surface area contributed by atoms with Crippen LogP contribution in [-0.2, 0) is 0 Å². The third kappa shape index (κ3) is 4.82. The fraction of sp³-hybridized carbons (Fsp3) is 0. The molecule has 0 aliphatic rings. The Morgan fingerprint density at radius 1 is 0.562 bits per heavy atom. The van der Waals surface area contributed by atoms with Crippen LogP contribution in [0.15, 0.2) is 60.7 Å². The summed E-state index contributed by atoms with van der Waals surface area (Å²) in [5.41, 5.74) is -1.77. The van der Waals surface area contributed by atoms with E-state index in [1.807, 2.05) is 0 Å². The largest absolute Gasteiger partial charge is 0.508 e. The van der Waals surface area contributed by atoms with Crippen molar-refractivity contribution in [1.82, 2.24) is 0 Å². The van der Waals surface area contributed by atoms with Gasteiger partial charge in [0.15, 0.2) is 0 Å². The maximum Gasteiger partial charge on any atom is 0.336 e. The number of carbonyl (C=O) groups excluding carboxylic acids is 2. The van der Waals surface area contributed by atoms with Gasteiger partial charge in [-0.05, 0) is 48.5 Å². The van der Waals surface area contributed by atoms with E-state index in [0.717, 1.165) is 12.1 Å². The summed E-state index contributed by atoms with van der Waals surface area (Å²) in [5, 5.41) is 42.7. The zero-order valence-electron chi connectivity index (χ0n) is 16.2. The van der Waals surface area contributed by atoms with Crippen LogP contribution in [0.5, 0.6) is 11.5 Å². The van der Waals surface area contributed by atoms with Crippen LogP contribution in [0, 0.1) is 0 Å². The molecule has 0 heterocycles. The number of hydrogen-bond donors (Lipinski definition) is 6. The highest BCUT2D eigenvalue weighted by atomic mass is 16.4. The van der Waals surface area contributed by atoms with Crippen LogP contribution in [0.1, 0.15) is 41.4 Å². The van der Waals surface area contributed by atoms with E-state index < -0.39 is 46.0 Å². The second-order valence-electron chi connectivity index (χ2n) is 6.56. The lowest BCUT2D eigenvalue weighted by molar-refractivity contribution is 0.0677. The second-order valence-corrected chi connectivity index (χ2v) is 6.56. The first kappa shape index (κ1) is 21.8. The molecular weight excluding hydrogens is 420 g/mol. The van der Waals surface area contributed by atoms with E-state index in [4.69, 9.17) is 0 Å². The van der Waals surface area contributed by atoms with Gasteiger partial charge in [-0.3, -0.25) is 9.59 Å². The van der Waals surface area contributed by atoms with Crippen molar-refractivity contribution >= 4 is 35.1 Å². The molecular formula is C22H16N2O8. The van der Waals surface area contributed by atoms with Gasteiger partial charge in [-0.25, -0.2) is 9.59 Å². The summed E-state index contributed by atoms with van der Waals surface area (Å²) in [5.74, 6) is -5.17. The molecule has 0 fully saturated rings. The number of carboxylic acid groups (broad SMARTS) is 2. The molecule has 2 amide bonds. The van der Waals surface area contributed by atoms with E-state index in [1.165, 1.54) is 48.5 Å². The molecule has 10 heteroatoms. The van der Waals surface area contributed by atoms with Crippen molar-refractivity contribution in [3.8, 4) is 11.5 Å². The van der Waals surface area contributed by atoms with Gasteiger partial charge in [0.2, 0.25) is 0 Å². The average Bonchev–Trinajstić information content (AvgIpc) is 2.74. The Morgan fingerprint density at radius 3 is 1.53 bits per heavy atom. The predicted octanol–water partition coefficient (Wildman–Crippen LogP) is 3.00. The fourth-order valence-corrected chi connectivity index (χ4v) is 2.85. The number of rotatable bonds is 6. The lowest BCUT2D eigenvalue weighted by Gasteiger charge is -2.13. The Labute approximate surface area is 180 Å². The molecule has 6 N–H and O–H groups in total. The van der Waals surface area contributed by atoms with Crippen LogP contribution in [-0.4, -0.2) is 44.2 Å². The number of benzene rings is 3. The molecule has 0 saturated heterocycles. The SMILES string of the molecule is O=C(O)c1cc(C(=O)Nc2cccc(O)c2)c(C(=O)O)cc1C(=O)Nc1ccc(O)cc1. The molecule has 0 aromatic heterocycles. The van der Waals surface area contributed by atoms with Gasteiger partial charge < -0.3 is 31.1 Å². The van der Waals surface area contributed by atoms with Gasteiger partial charge in [-0.15, -0.1) is 0 Å². The van der Waals surface area contributed by atoms with Crippen LogP contribution in [0.3, 0.4) is 0 Å². The molecule has 32 heavy (non-hydrogen) atoms. The minimum Gasteiger partial charge on any atom is -0.508 e. The van der Waals surface area contributed by atoms with Gasteiger partial charge in [0.25, 0.3) is 11.8 Å². The summed E-state index contributed by atoms with van der Waals surface area (Å²) in [6, 6.07) is 12.4. The molecule has 0 atom stereocenters. The van der Waals surface area contributed by atoms with Gasteiger partial charge >= 0.3 is 11.9 Å². The third-order valence-corrected chi connectivity index (χ3v) is 4.34. The van der Waals surface area contributed by atoms with E-state index >= 15 is 0 Å². The zero-order valence-corrected chi connectivity index (χ0v) is 16.2. The quantitative estimate of drug-likeness (QED) is 0.320. The monoisotopic (exact) mass is 436 g/mol. The van der Waals surface area contributed by atoms with Crippen molar-refractivity contribution in [3.05, 3.63) is 82.9 Å². The molecule has 0 spiro atoms. The van der Waals surface area contributed by atoms with Crippen molar-refractivity contribution in [1.29, 1.82) is 0 Å². The van der Waals surface area contributed by atoms with Gasteiger partial charge in [0, 0.05) is 17.4 Å². The molecule has 0 bridgehead atoms. The number of aromatic hydroxyl groups is 2. The number of anilines is 2. The lowest BCUT2D eigenvalue weighted by Crippen LogP contribution is -2.22. The molecule has 3 aromatic rings. The van der Waals surface area contributed by atoms with E-state index in [2.05, 4.69) is 10.6 Å². The first-order valence-electron chi connectivity index (χ1n) is 9.01. The number of nitrogens with one attached hydrogen (secondary N) is 2. The maximum atomic E-state index is 12.7. The molecule has 3 aromatic carbocycles. The molecule has 0 aliphatic heterocycles. The van der Waals surface area contributed by atoms with E-state index in [9.17, 15) is 39.6 Å². The number of aromatic carboxylic acids is 2. The number of phenolic OH excluding ortho intramolecular Hbond substituents is 2. The summed E-state index contributed by atoms with van der Waals surface area (Å²) < 4.78 is 0. The smallest absolute Gasteiger partial charge is 0.336 e. The molecule has 0 radical (unpaired) electrons. The Bertz CT molecular complexity index is 1240. The first-order valence-corrected chi connectivity index (χ1v) is 9.01. The highest BCUT2D eigenvalue weighted by Crippen LogP contribution is 2.23. The Balaban J connectivity index is 2.02. The van der Waals surface area contributed by atoms with Crippen LogP contribution in [0.2, 0.25) is 0 Å². The summed E-state index contributed by atoms with van der Waals surface area (Å²) in [6.45, 7) is 0. The van der Waals surface area contributed by atoms with E-state index in [0.29, 0.717) is 0 Å². The highest BCUT2D eigenvalue weighted by Gasteiger charge is 2.26. The third-order valence-electron chi connectivity index (χ3n) is 4.34. The van der Waals surface area contributed by atoms with E-state index in [1.54, 1.807) is 0 Å². The molecule has 0 aliphatic carbocycles. The topological polar surface area (TPSA) is 173 Å². The zero-order chi connectivity index (χ0) is 23.4. The van der Waals surface area contributed by atoms with Crippen molar-refractivity contribution in [3.63, 3.8) is 0 Å². The summed E-state index contributed by atoms with van der Waals surface area (Å²) in [4.78, 5) is 48.8. The summed E-state index contributed by atoms with van der Waals surface area (Å²) >= 11 is 0. The van der Waals surface area contributed by atoms with Gasteiger partial charge in [0.1, 0.15) is 11.5 Å². The maximum absolute atomic E-state index is 12.7. The number of carbonyl (C=O) groups is 4. The summed E-state index contributed by atoms with van der Waals surface area (Å²) in [7, 11) is 0. The van der Waals surface area contributed by atoms with E-state index in [-0.39, 0.29) is 22.9 Å². The average molecular weight is 436 g/mol. The van der Waals surface area contributed by atoms with Crippen LogP contribution >= 0.6 is 0 Å². The number of phenols is 2. The van der Waals surface area contributed by atoms with Gasteiger partial charge in [-0.1, -0.05) is 6.07 Å². The van der Waals surface area contributed by atoms with Crippen molar-refractivity contribution < 1.29 is 39.6 Å². The standard InChI is InChI=1S/C22H16N2O8/c25-13-6-4-11(5-7-13)23-19(27)15-9-18(22(31)32)16(10-17(15)21(29)30)20(28)24-12-2-1-3-14(26)8-12/h1-10,25-26H,(H,23,27)(H,24,28)(H,29,30)(H,31,32). The molecule has 162 valence electrons. The van der Waals surface area contributed by atoms with Crippen molar-refractivity contribution in [2.24, 2.45) is 0 Å². The van der Waals surface area contributed by atoms with Gasteiger partial charge in [0.05, 0.1) is 22.3 Å². The van der Waals surface area contributed by atoms with Crippen molar-refractivity contribution in [2.75, 3.05) is 10.6 Å². The summed E-state index contributed by atoms with van der Waals surface area (Å²) in [6.07, 6.45) is 0. The Hall–Kier alpha value is -4.86. The van der Waals surface area contributed by atoms with Crippen molar-refractivity contribution in [2.45, 2.75) is 0 Å². The molecule has 10 nitrogen and oxygen atoms in total. The fourth-order valence-electron chi connectivity index (χ4n) is 2.85. The minimum atomic E-state index is -1.55. The number of hydrogen-bond acceptors (Lipinski definition) is 6. The Morgan fingerprint density at radius 2 is 1.06 bits per heavy atom. The van der Waals surface area contributed by atoms with Gasteiger partial charge in [-0.2, -0.15) is 0 Å². The lowest BCUT2D eigenvalue weighted by atomic mass is 9.96.